The van der Waals surface area contributed by atoms with Crippen LogP contribution in [0.5, 0.6) is 0 Å². The first-order valence-corrected chi connectivity index (χ1v) is 8.35. The van der Waals surface area contributed by atoms with Crippen molar-refractivity contribution < 1.29 is 26.7 Å². The van der Waals surface area contributed by atoms with Crippen molar-refractivity contribution in [3.63, 3.8) is 0 Å². The lowest BCUT2D eigenvalue weighted by molar-refractivity contribution is -0.137. The third kappa shape index (κ3) is 2.97. The lowest BCUT2D eigenvalue weighted by Gasteiger charge is -2.32. The molecular weight excluding hydrogens is 343 g/mol. The van der Waals surface area contributed by atoms with E-state index in [-0.39, 0.29) is 11.6 Å². The van der Waals surface area contributed by atoms with Crippen LogP contribution in [0.15, 0.2) is 23.1 Å². The summed E-state index contributed by atoms with van der Waals surface area (Å²) in [4.78, 5) is -0.592. The third-order valence-corrected chi connectivity index (χ3v) is 6.38. The zero-order valence-corrected chi connectivity index (χ0v) is 13.3. The molecule has 1 N–H and O–H groups in total. The van der Waals surface area contributed by atoms with Crippen molar-refractivity contribution in [2.45, 2.75) is 36.4 Å². The Labute approximate surface area is 131 Å². The maximum Gasteiger partial charge on any atom is 0.416 e. The van der Waals surface area contributed by atoms with Gasteiger partial charge in [-0.15, -0.1) is 0 Å². The molecule has 1 atom stereocenters. The molecule has 124 valence electrons. The van der Waals surface area contributed by atoms with Gasteiger partial charge in [-0.05, 0) is 38.0 Å². The fraction of sp³-hybridized carbons (Fsp3) is 0.538. The number of halogens is 4. The number of sulfonamides is 1. The highest BCUT2D eigenvalue weighted by molar-refractivity contribution is 7.89. The molecule has 1 aromatic carbocycles. The summed E-state index contributed by atoms with van der Waals surface area (Å²) >= 11 is 5.81. The molecule has 9 heteroatoms. The molecule has 0 bridgehead atoms. The first-order valence-electron chi connectivity index (χ1n) is 6.53. The van der Waals surface area contributed by atoms with Crippen LogP contribution < -0.4 is 0 Å². The molecule has 0 spiro atoms. The maximum absolute atomic E-state index is 12.8. The van der Waals surface area contributed by atoms with Gasteiger partial charge in [0.05, 0.1) is 22.7 Å². The molecule has 0 amide bonds. The van der Waals surface area contributed by atoms with Gasteiger partial charge in [0.1, 0.15) is 4.90 Å². The Bertz CT molecular complexity index is 678. The van der Waals surface area contributed by atoms with E-state index in [1.165, 1.54) is 0 Å². The minimum atomic E-state index is -4.67. The van der Waals surface area contributed by atoms with Gasteiger partial charge in [-0.3, -0.25) is 0 Å². The SMILES string of the molecule is C[C@]1(CO)CCCN1S(=O)(=O)c1cc(C(F)(F)F)ccc1Cl. The van der Waals surface area contributed by atoms with E-state index in [1.54, 1.807) is 6.92 Å². The Balaban J connectivity index is 2.55. The number of hydrogen-bond donors (Lipinski definition) is 1. The number of rotatable bonds is 3. The second-order valence-corrected chi connectivity index (χ2v) is 7.72. The van der Waals surface area contributed by atoms with Crippen LogP contribution in [-0.2, 0) is 16.2 Å². The normalized spacial score (nSPS) is 23.9. The summed E-state index contributed by atoms with van der Waals surface area (Å²) < 4.78 is 64.7. The van der Waals surface area contributed by atoms with Crippen LogP contribution in [0.2, 0.25) is 5.02 Å². The highest BCUT2D eigenvalue weighted by atomic mass is 35.5. The summed E-state index contributed by atoms with van der Waals surface area (Å²) in [6, 6.07) is 2.19. The van der Waals surface area contributed by atoms with Gasteiger partial charge < -0.3 is 5.11 Å². The van der Waals surface area contributed by atoms with Crippen molar-refractivity contribution in [3.8, 4) is 0 Å². The van der Waals surface area contributed by atoms with Gasteiger partial charge in [0.25, 0.3) is 0 Å². The van der Waals surface area contributed by atoms with Gasteiger partial charge in [0.2, 0.25) is 10.0 Å². The summed E-state index contributed by atoms with van der Waals surface area (Å²) in [5.74, 6) is 0. The minimum absolute atomic E-state index is 0.131. The number of nitrogens with zero attached hydrogens (tertiary/aromatic N) is 1. The zero-order valence-electron chi connectivity index (χ0n) is 11.7. The van der Waals surface area contributed by atoms with Gasteiger partial charge in [-0.1, -0.05) is 11.6 Å². The summed E-state index contributed by atoms with van der Waals surface area (Å²) in [6.45, 7) is 1.27. The smallest absolute Gasteiger partial charge is 0.394 e. The Morgan fingerprint density at radius 2 is 2.05 bits per heavy atom. The van der Waals surface area contributed by atoms with E-state index in [9.17, 15) is 26.7 Å². The standard InChI is InChI=1S/C13H15ClF3NO3S/c1-12(8-19)5-2-6-18(12)22(20,21)11-7-9(13(15,16)17)3-4-10(11)14/h3-4,7,19H,2,5-6,8H2,1H3/t12-/m1/s1. The fourth-order valence-corrected chi connectivity index (χ4v) is 4.90. The maximum atomic E-state index is 12.8. The van der Waals surface area contributed by atoms with Crippen LogP contribution >= 0.6 is 11.6 Å². The predicted molar refractivity (Wildman–Crippen MR) is 75.1 cm³/mol. The number of benzene rings is 1. The van der Waals surface area contributed by atoms with E-state index < -0.39 is 38.8 Å². The largest absolute Gasteiger partial charge is 0.416 e. The van der Waals surface area contributed by atoms with E-state index in [1.807, 2.05) is 0 Å². The Hall–Kier alpha value is -0.830. The monoisotopic (exact) mass is 357 g/mol. The van der Waals surface area contributed by atoms with Crippen LogP contribution in [-0.4, -0.2) is 36.5 Å². The van der Waals surface area contributed by atoms with Crippen LogP contribution in [0, 0.1) is 0 Å². The first-order chi connectivity index (χ1) is 10.0. The van der Waals surface area contributed by atoms with E-state index in [0.717, 1.165) is 16.4 Å². The van der Waals surface area contributed by atoms with Crippen molar-refractivity contribution in [3.05, 3.63) is 28.8 Å². The van der Waals surface area contributed by atoms with Gasteiger partial charge in [0.15, 0.2) is 0 Å². The fourth-order valence-electron chi connectivity index (χ4n) is 2.56. The van der Waals surface area contributed by atoms with Crippen molar-refractivity contribution in [2.75, 3.05) is 13.2 Å². The molecular formula is C13H15ClF3NO3S. The van der Waals surface area contributed by atoms with Gasteiger partial charge in [0, 0.05) is 6.54 Å². The van der Waals surface area contributed by atoms with Crippen molar-refractivity contribution in [1.82, 2.24) is 4.31 Å². The quantitative estimate of drug-likeness (QED) is 0.905. The van der Waals surface area contributed by atoms with Crippen molar-refractivity contribution >= 4 is 21.6 Å². The molecule has 0 aliphatic carbocycles. The molecule has 0 radical (unpaired) electrons. The lowest BCUT2D eigenvalue weighted by atomic mass is 10.0. The van der Waals surface area contributed by atoms with Crippen LogP contribution in [0.1, 0.15) is 25.3 Å². The first kappa shape index (κ1) is 17.5. The van der Waals surface area contributed by atoms with Crippen LogP contribution in [0.25, 0.3) is 0 Å². The molecule has 1 aliphatic heterocycles. The summed E-state index contributed by atoms with van der Waals surface area (Å²) in [5.41, 5.74) is -2.11. The Morgan fingerprint density at radius 1 is 1.41 bits per heavy atom. The minimum Gasteiger partial charge on any atom is -0.394 e. The summed E-state index contributed by atoms with van der Waals surface area (Å²) in [7, 11) is -4.23. The van der Waals surface area contributed by atoms with E-state index in [0.29, 0.717) is 18.9 Å². The van der Waals surface area contributed by atoms with E-state index in [4.69, 9.17) is 11.6 Å². The summed E-state index contributed by atoms with van der Waals surface area (Å²) in [6.07, 6.45) is -3.72. The highest BCUT2D eigenvalue weighted by Gasteiger charge is 2.45. The average Bonchev–Trinajstić information content (AvgIpc) is 2.81. The molecule has 1 heterocycles. The molecule has 0 aromatic heterocycles. The molecule has 0 saturated carbocycles. The van der Waals surface area contributed by atoms with Crippen molar-refractivity contribution in [1.29, 1.82) is 0 Å². The molecule has 4 nitrogen and oxygen atoms in total. The third-order valence-electron chi connectivity index (χ3n) is 3.85. The molecule has 1 fully saturated rings. The molecule has 2 rings (SSSR count). The zero-order chi connectivity index (χ0) is 16.8. The van der Waals surface area contributed by atoms with Gasteiger partial charge >= 0.3 is 6.18 Å². The molecule has 1 saturated heterocycles. The molecule has 0 unspecified atom stereocenters. The van der Waals surface area contributed by atoms with E-state index >= 15 is 0 Å². The number of aliphatic hydroxyl groups excluding tert-OH is 1. The predicted octanol–water partition coefficient (Wildman–Crippen LogP) is 2.89. The van der Waals surface area contributed by atoms with Gasteiger partial charge in [-0.2, -0.15) is 17.5 Å². The van der Waals surface area contributed by atoms with Crippen LogP contribution in [0.3, 0.4) is 0 Å². The molecule has 1 aromatic rings. The summed E-state index contributed by atoms with van der Waals surface area (Å²) in [5, 5.41) is 9.16. The second kappa shape index (κ2) is 5.67. The second-order valence-electron chi connectivity index (χ2n) is 5.48. The molecule has 22 heavy (non-hydrogen) atoms. The number of alkyl halides is 3. The van der Waals surface area contributed by atoms with Crippen molar-refractivity contribution in [2.24, 2.45) is 0 Å². The topological polar surface area (TPSA) is 57.6 Å². The number of aliphatic hydroxyl groups is 1. The average molecular weight is 358 g/mol. The Morgan fingerprint density at radius 3 is 2.59 bits per heavy atom. The Kier molecular flexibility index (Phi) is 4.51. The van der Waals surface area contributed by atoms with Gasteiger partial charge in [-0.25, -0.2) is 8.42 Å². The van der Waals surface area contributed by atoms with Crippen LogP contribution in [0.4, 0.5) is 13.2 Å². The highest BCUT2D eigenvalue weighted by Crippen LogP contribution is 2.38. The van der Waals surface area contributed by atoms with E-state index in [2.05, 4.69) is 0 Å². The lowest BCUT2D eigenvalue weighted by Crippen LogP contribution is -2.47. The number of hydrogen-bond acceptors (Lipinski definition) is 3. The molecule has 1 aliphatic rings.